The van der Waals surface area contributed by atoms with Crippen molar-refractivity contribution in [1.82, 2.24) is 0 Å². The van der Waals surface area contributed by atoms with Crippen LogP contribution in [-0.2, 0) is 11.0 Å². The molecule has 1 saturated carbocycles. The first kappa shape index (κ1) is 18.4. The molecule has 2 rings (SSSR count). The predicted octanol–water partition coefficient (Wildman–Crippen LogP) is 4.15. The minimum absolute atomic E-state index is 0.154. The third kappa shape index (κ3) is 5.01. The maximum Gasteiger partial charge on any atom is 0.165 e. The summed E-state index contributed by atoms with van der Waals surface area (Å²) >= 11 is 0. The van der Waals surface area contributed by atoms with Crippen LogP contribution >= 0.6 is 0 Å². The lowest BCUT2D eigenvalue weighted by Gasteiger charge is -2.30. The number of rotatable bonds is 8. The van der Waals surface area contributed by atoms with Crippen molar-refractivity contribution >= 4 is 11.0 Å². The summed E-state index contributed by atoms with van der Waals surface area (Å²) in [5.74, 6) is 1.07. The number of nitrogens with two attached hydrogens (primary N) is 1. The molecule has 1 aliphatic carbocycles. The van der Waals surface area contributed by atoms with Crippen LogP contribution in [0, 0.1) is 17.7 Å². The van der Waals surface area contributed by atoms with Crippen molar-refractivity contribution < 1.29 is 13.3 Å². The van der Waals surface area contributed by atoms with Crippen LogP contribution in [0.2, 0.25) is 0 Å². The van der Waals surface area contributed by atoms with E-state index in [0.29, 0.717) is 30.6 Å². The standard InChI is InChI=1S/C18H28FNO2S/c1-12(2)15(10-18(3,4)23(20)21)14-7-8-16(19)17(9-14)22-11-13-5-6-13/h7-9,12-13,15H,5-6,10-11,20H2,1-4H3/t15-,23?/m0/s1. The van der Waals surface area contributed by atoms with Gasteiger partial charge in [0.05, 0.1) is 22.3 Å². The van der Waals surface area contributed by atoms with Crippen LogP contribution in [-0.4, -0.2) is 15.6 Å². The van der Waals surface area contributed by atoms with E-state index in [4.69, 9.17) is 9.88 Å². The first-order valence-electron chi connectivity index (χ1n) is 8.29. The summed E-state index contributed by atoms with van der Waals surface area (Å²) in [4.78, 5) is 0. The van der Waals surface area contributed by atoms with Gasteiger partial charge in [0.25, 0.3) is 0 Å². The van der Waals surface area contributed by atoms with E-state index in [-0.39, 0.29) is 11.7 Å². The molecule has 0 bridgehead atoms. The van der Waals surface area contributed by atoms with Gasteiger partial charge < -0.3 is 4.74 Å². The Kier molecular flexibility index (Phi) is 5.84. The lowest BCUT2D eigenvalue weighted by molar-refractivity contribution is 0.284. The van der Waals surface area contributed by atoms with Crippen LogP contribution in [0.3, 0.4) is 0 Å². The first-order chi connectivity index (χ1) is 10.7. The lowest BCUT2D eigenvalue weighted by atomic mass is 9.82. The van der Waals surface area contributed by atoms with E-state index in [9.17, 15) is 8.60 Å². The van der Waals surface area contributed by atoms with E-state index in [1.807, 2.05) is 13.8 Å². The zero-order valence-electron chi connectivity index (χ0n) is 14.5. The van der Waals surface area contributed by atoms with E-state index in [1.165, 1.54) is 18.9 Å². The number of halogens is 1. The van der Waals surface area contributed by atoms with Gasteiger partial charge in [0, 0.05) is 0 Å². The maximum atomic E-state index is 14.0. The van der Waals surface area contributed by atoms with Crippen LogP contribution in [0.25, 0.3) is 0 Å². The summed E-state index contributed by atoms with van der Waals surface area (Å²) in [6.07, 6.45) is 3.03. The van der Waals surface area contributed by atoms with Gasteiger partial charge in [0.15, 0.2) is 11.6 Å². The minimum atomic E-state index is -1.40. The molecular weight excluding hydrogens is 313 g/mol. The second kappa shape index (κ2) is 7.31. The van der Waals surface area contributed by atoms with Crippen molar-refractivity contribution in [3.8, 4) is 5.75 Å². The van der Waals surface area contributed by atoms with Crippen molar-refractivity contribution in [2.75, 3.05) is 6.61 Å². The molecule has 1 aromatic carbocycles. The molecule has 0 aromatic heterocycles. The van der Waals surface area contributed by atoms with E-state index in [0.717, 1.165) is 5.56 Å². The fraction of sp³-hybridized carbons (Fsp3) is 0.667. The number of ether oxygens (including phenoxy) is 1. The molecule has 130 valence electrons. The number of hydrogen-bond acceptors (Lipinski definition) is 2. The van der Waals surface area contributed by atoms with Gasteiger partial charge in [-0.2, -0.15) is 0 Å². The summed E-state index contributed by atoms with van der Waals surface area (Å²) < 4.78 is 30.9. The molecule has 0 spiro atoms. The summed E-state index contributed by atoms with van der Waals surface area (Å²) in [7, 11) is -1.40. The Balaban J connectivity index is 2.20. The molecule has 0 amide bonds. The quantitative estimate of drug-likeness (QED) is 0.772. The molecule has 1 aliphatic rings. The molecule has 2 atom stereocenters. The largest absolute Gasteiger partial charge is 0.490 e. The normalized spacial score (nSPS) is 18.0. The molecule has 0 aliphatic heterocycles. The highest BCUT2D eigenvalue weighted by molar-refractivity contribution is 7.84. The Morgan fingerprint density at radius 2 is 2.04 bits per heavy atom. The molecule has 3 nitrogen and oxygen atoms in total. The zero-order valence-corrected chi connectivity index (χ0v) is 15.3. The Labute approximate surface area is 141 Å². The fourth-order valence-electron chi connectivity index (χ4n) is 2.70. The van der Waals surface area contributed by atoms with E-state index in [1.54, 1.807) is 12.1 Å². The Morgan fingerprint density at radius 1 is 1.39 bits per heavy atom. The fourth-order valence-corrected chi connectivity index (χ4v) is 3.05. The van der Waals surface area contributed by atoms with Crippen LogP contribution < -0.4 is 9.88 Å². The van der Waals surface area contributed by atoms with Gasteiger partial charge in [-0.1, -0.05) is 19.9 Å². The first-order valence-corrected chi connectivity index (χ1v) is 9.50. The predicted molar refractivity (Wildman–Crippen MR) is 93.2 cm³/mol. The van der Waals surface area contributed by atoms with Crippen LogP contribution in [0.5, 0.6) is 5.75 Å². The number of hydrogen-bond donors (Lipinski definition) is 1. The molecule has 0 heterocycles. The Bertz CT molecular complexity index is 570. The SMILES string of the molecule is CC(C)[C@H](CC(C)(C)S(N)=O)c1ccc(F)c(OCC2CC2)c1. The van der Waals surface area contributed by atoms with Gasteiger partial charge in [-0.05, 0) is 68.6 Å². The second-order valence-electron chi connectivity index (χ2n) is 7.56. The van der Waals surface area contributed by atoms with Crippen molar-refractivity contribution in [1.29, 1.82) is 0 Å². The minimum Gasteiger partial charge on any atom is -0.490 e. The van der Waals surface area contributed by atoms with E-state index < -0.39 is 15.7 Å². The molecule has 1 fully saturated rings. The zero-order chi connectivity index (χ0) is 17.2. The molecule has 5 heteroatoms. The monoisotopic (exact) mass is 341 g/mol. The van der Waals surface area contributed by atoms with Gasteiger partial charge in [0.2, 0.25) is 0 Å². The van der Waals surface area contributed by atoms with Crippen LogP contribution in [0.4, 0.5) is 4.39 Å². The van der Waals surface area contributed by atoms with Crippen molar-refractivity contribution in [2.45, 2.75) is 57.6 Å². The molecule has 1 unspecified atom stereocenters. The topological polar surface area (TPSA) is 52.3 Å². The average molecular weight is 341 g/mol. The molecular formula is C18H28FNO2S. The summed E-state index contributed by atoms with van der Waals surface area (Å²) in [5, 5.41) is 5.63. The lowest BCUT2D eigenvalue weighted by Crippen LogP contribution is -2.34. The van der Waals surface area contributed by atoms with Gasteiger partial charge in [-0.25, -0.2) is 8.60 Å². The molecule has 0 radical (unpaired) electrons. The van der Waals surface area contributed by atoms with Gasteiger partial charge in [0.1, 0.15) is 0 Å². The summed E-state index contributed by atoms with van der Waals surface area (Å²) in [6, 6.07) is 5.08. The average Bonchev–Trinajstić information content (AvgIpc) is 3.28. The molecule has 1 aromatic rings. The van der Waals surface area contributed by atoms with Crippen molar-refractivity contribution in [3.05, 3.63) is 29.6 Å². The van der Waals surface area contributed by atoms with Crippen molar-refractivity contribution in [2.24, 2.45) is 17.0 Å². The van der Waals surface area contributed by atoms with Crippen molar-refractivity contribution in [3.63, 3.8) is 0 Å². The summed E-state index contributed by atoms with van der Waals surface area (Å²) in [5.41, 5.74) is 1.02. The number of benzene rings is 1. The van der Waals surface area contributed by atoms with Crippen LogP contribution in [0.15, 0.2) is 18.2 Å². The molecule has 23 heavy (non-hydrogen) atoms. The third-order valence-electron chi connectivity index (χ3n) is 4.62. The smallest absolute Gasteiger partial charge is 0.165 e. The Hall–Kier alpha value is -0.940. The highest BCUT2D eigenvalue weighted by Gasteiger charge is 2.31. The maximum absolute atomic E-state index is 14.0. The Morgan fingerprint density at radius 3 is 2.57 bits per heavy atom. The van der Waals surface area contributed by atoms with E-state index >= 15 is 0 Å². The molecule has 2 N–H and O–H groups in total. The highest BCUT2D eigenvalue weighted by atomic mass is 32.2. The van der Waals surface area contributed by atoms with E-state index in [2.05, 4.69) is 13.8 Å². The van der Waals surface area contributed by atoms with Crippen LogP contribution in [0.1, 0.15) is 58.4 Å². The summed E-state index contributed by atoms with van der Waals surface area (Å²) in [6.45, 7) is 8.65. The van der Waals surface area contributed by atoms with Gasteiger partial charge >= 0.3 is 0 Å². The van der Waals surface area contributed by atoms with Gasteiger partial charge in [-0.15, -0.1) is 0 Å². The van der Waals surface area contributed by atoms with Gasteiger partial charge in [-0.3, -0.25) is 5.14 Å². The third-order valence-corrected chi connectivity index (χ3v) is 5.87. The molecule has 0 saturated heterocycles. The second-order valence-corrected chi connectivity index (χ2v) is 9.26. The highest BCUT2D eigenvalue weighted by Crippen LogP contribution is 2.37.